The first-order valence-corrected chi connectivity index (χ1v) is 23.0. The summed E-state index contributed by atoms with van der Waals surface area (Å²) >= 11 is 0. The van der Waals surface area contributed by atoms with Gasteiger partial charge in [-0.15, -0.1) is 0 Å². The number of methoxy groups -OCH3 is 2. The highest BCUT2D eigenvalue weighted by molar-refractivity contribution is 5.65. The van der Waals surface area contributed by atoms with Gasteiger partial charge in [-0.3, -0.25) is 9.80 Å². The van der Waals surface area contributed by atoms with E-state index in [9.17, 15) is 10.2 Å². The van der Waals surface area contributed by atoms with Gasteiger partial charge in [-0.1, -0.05) is 32.4 Å². The Balaban J connectivity index is 0.901. The number of hydrogen-bond acceptors (Lipinski definition) is 12. The van der Waals surface area contributed by atoms with E-state index in [0.717, 1.165) is 74.5 Å². The van der Waals surface area contributed by atoms with Crippen molar-refractivity contribution < 1.29 is 43.4 Å². The number of aliphatic hydroxyl groups is 2. The molecule has 3 saturated carbocycles. The molecule has 0 radical (unpaired) electrons. The Labute approximate surface area is 346 Å². The smallest absolute Gasteiger partial charge is 0.166 e. The second kappa shape index (κ2) is 11.3. The van der Waals surface area contributed by atoms with Gasteiger partial charge in [0.2, 0.25) is 0 Å². The van der Waals surface area contributed by atoms with Crippen LogP contribution in [0.3, 0.4) is 0 Å². The first kappa shape index (κ1) is 35.9. The fourth-order valence-corrected chi connectivity index (χ4v) is 16.5. The number of fused-ring (bicyclic) bond motifs is 4. The minimum atomic E-state index is -1.02. The van der Waals surface area contributed by atoms with Gasteiger partial charge in [-0.25, -0.2) is 4.90 Å². The van der Waals surface area contributed by atoms with Crippen molar-refractivity contribution >= 4 is 0 Å². The molecular weight excluding hydrogens is 751 g/mol. The SMILES string of the molecule is COc1ccc2c3c1O[C@H]1C4(CC[C@@]5(O)[C@@H](C2)N(CC(C)C)CC[C@]315)OC1COC2N1C4OC21CC[C@@]2(O)[C@H]3Cc4ccc(OC)c5c4[C@@]2(CCN3CC2CCC2)[C@H]1O5. The van der Waals surface area contributed by atoms with Gasteiger partial charge >= 0.3 is 0 Å². The number of benzene rings is 2. The van der Waals surface area contributed by atoms with Crippen molar-refractivity contribution in [3.8, 4) is 23.0 Å². The van der Waals surface area contributed by atoms with Gasteiger partial charge in [-0.2, -0.15) is 0 Å². The van der Waals surface area contributed by atoms with Crippen LogP contribution in [0.1, 0.15) is 93.9 Å². The lowest BCUT2D eigenvalue weighted by Gasteiger charge is -2.67. The van der Waals surface area contributed by atoms with Crippen LogP contribution in [0, 0.1) is 11.8 Å². The Kier molecular flexibility index (Phi) is 6.85. The Hall–Kier alpha value is -2.68. The highest BCUT2D eigenvalue weighted by atomic mass is 16.7. The molecule has 316 valence electrons. The zero-order valence-corrected chi connectivity index (χ0v) is 34.9. The van der Waals surface area contributed by atoms with Crippen LogP contribution < -0.4 is 18.9 Å². The maximum absolute atomic E-state index is 13.6. The molecule has 4 bridgehead atoms. The molecule has 5 saturated heterocycles. The Morgan fingerprint density at radius 2 is 1.31 bits per heavy atom. The van der Waals surface area contributed by atoms with Gasteiger partial charge in [-0.05, 0) is 112 Å². The number of hydrogen-bond donors (Lipinski definition) is 2. The molecule has 5 unspecified atom stereocenters. The minimum absolute atomic E-state index is 0.00535. The van der Waals surface area contributed by atoms with Crippen LogP contribution in [-0.2, 0) is 37.9 Å². The lowest BCUT2D eigenvalue weighted by molar-refractivity contribution is -0.287. The van der Waals surface area contributed by atoms with Crippen molar-refractivity contribution in [3.05, 3.63) is 46.5 Å². The first-order chi connectivity index (χ1) is 28.6. The molecule has 2 N–H and O–H groups in total. The summed E-state index contributed by atoms with van der Waals surface area (Å²) in [5, 5.41) is 27.1. The van der Waals surface area contributed by atoms with E-state index in [1.807, 2.05) is 0 Å². The lowest BCUT2D eigenvalue weighted by atomic mass is 9.46. The third-order valence-electron chi connectivity index (χ3n) is 18.8. The average molecular weight is 810 g/mol. The van der Waals surface area contributed by atoms with Crippen LogP contribution in [0.25, 0.3) is 0 Å². The highest BCUT2D eigenvalue weighted by Crippen LogP contribution is 2.74. The highest BCUT2D eigenvalue weighted by Gasteiger charge is 2.86. The van der Waals surface area contributed by atoms with Gasteiger partial charge in [0.15, 0.2) is 23.0 Å². The van der Waals surface area contributed by atoms with Crippen LogP contribution >= 0.6 is 0 Å². The molecule has 0 aromatic heterocycles. The maximum atomic E-state index is 13.6. The molecule has 0 amide bonds. The summed E-state index contributed by atoms with van der Waals surface area (Å²) in [7, 11) is 3.43. The first-order valence-electron chi connectivity index (χ1n) is 23.0. The van der Waals surface area contributed by atoms with Crippen LogP contribution in [0.5, 0.6) is 23.0 Å². The van der Waals surface area contributed by atoms with Crippen molar-refractivity contribution in [2.24, 2.45) is 11.8 Å². The topological polar surface area (TPSA) is 115 Å². The van der Waals surface area contributed by atoms with E-state index in [1.165, 1.54) is 30.4 Å². The minimum Gasteiger partial charge on any atom is -0.493 e. The summed E-state index contributed by atoms with van der Waals surface area (Å²) in [5.74, 6) is 4.16. The molecule has 12 aliphatic rings. The summed E-state index contributed by atoms with van der Waals surface area (Å²) in [6, 6.07) is 8.54. The van der Waals surface area contributed by atoms with Crippen LogP contribution in [0.2, 0.25) is 0 Å². The molecule has 8 fully saturated rings. The fraction of sp³-hybridized carbons (Fsp3) is 0.745. The number of ether oxygens (including phenoxy) is 7. The van der Waals surface area contributed by atoms with E-state index >= 15 is 0 Å². The molecule has 5 aliphatic carbocycles. The molecule has 13 atom stereocenters. The van der Waals surface area contributed by atoms with Crippen molar-refractivity contribution in [1.82, 2.24) is 14.7 Å². The lowest BCUT2D eigenvalue weighted by Crippen LogP contribution is -2.81. The van der Waals surface area contributed by atoms with Gasteiger partial charge < -0.3 is 43.4 Å². The monoisotopic (exact) mass is 809 g/mol. The maximum Gasteiger partial charge on any atom is 0.166 e. The van der Waals surface area contributed by atoms with Crippen LogP contribution in [-0.4, -0.2) is 137 Å². The Morgan fingerprint density at radius 3 is 1.86 bits per heavy atom. The second-order valence-electron chi connectivity index (χ2n) is 21.3. The zero-order valence-electron chi connectivity index (χ0n) is 34.9. The van der Waals surface area contributed by atoms with Gasteiger partial charge in [0, 0.05) is 36.3 Å². The molecule has 7 aliphatic heterocycles. The van der Waals surface area contributed by atoms with Crippen molar-refractivity contribution in [3.63, 3.8) is 0 Å². The van der Waals surface area contributed by atoms with Gasteiger partial charge in [0.25, 0.3) is 0 Å². The van der Waals surface area contributed by atoms with Gasteiger partial charge in [0.05, 0.1) is 42.9 Å². The molecule has 59 heavy (non-hydrogen) atoms. The molecule has 7 heterocycles. The summed E-state index contributed by atoms with van der Waals surface area (Å²) in [5.41, 5.74) is -0.423. The quantitative estimate of drug-likeness (QED) is 0.440. The molecule has 14 rings (SSSR count). The van der Waals surface area contributed by atoms with Crippen molar-refractivity contribution in [2.75, 3.05) is 47.0 Å². The predicted octanol–water partition coefficient (Wildman–Crippen LogP) is 4.02. The number of nitrogens with zero attached hydrogens (tertiary/aromatic N) is 3. The molecule has 2 aromatic rings. The Morgan fingerprint density at radius 1 is 0.729 bits per heavy atom. The molecule has 12 nitrogen and oxygen atoms in total. The predicted molar refractivity (Wildman–Crippen MR) is 213 cm³/mol. The van der Waals surface area contributed by atoms with Crippen molar-refractivity contribution in [1.29, 1.82) is 0 Å². The molecule has 12 heteroatoms. The fourth-order valence-electron chi connectivity index (χ4n) is 16.5. The largest absolute Gasteiger partial charge is 0.493 e. The average Bonchev–Trinajstić information content (AvgIpc) is 4.00. The summed E-state index contributed by atoms with van der Waals surface area (Å²) in [4.78, 5) is 7.57. The van der Waals surface area contributed by atoms with E-state index < -0.39 is 57.9 Å². The van der Waals surface area contributed by atoms with E-state index in [-0.39, 0.29) is 18.3 Å². The van der Waals surface area contributed by atoms with Crippen molar-refractivity contribution in [2.45, 2.75) is 161 Å². The van der Waals surface area contributed by atoms with Crippen LogP contribution in [0.4, 0.5) is 0 Å². The standard InChI is InChI=1S/C47H59N3O9/c1-25(2)22-48-18-16-43-35-27-8-10-30(54-4)37(35)57-39(43)45(13-15-46(43,51)31(48)20-27)41-50-33(58-45)24-55-40(50)44(59-41)12-14-47(52)32-21-28-9-11-29(53-3)36-34(28)42(47,38(44)56-36)17-19-49(32)23-26-6-5-7-26/h8-11,25-26,31-33,38-41,51-52H,5-7,12-24H2,1-4H3/t31-,32-,33?,38-,39-,40?,41?,42+,43+,44?,45?,46-,47-/m1/s1. The summed E-state index contributed by atoms with van der Waals surface area (Å²) in [6.45, 7) is 8.76. The summed E-state index contributed by atoms with van der Waals surface area (Å²) in [6.07, 6.45) is 7.10. The number of piperidine rings is 2. The van der Waals surface area contributed by atoms with E-state index in [1.54, 1.807) is 14.2 Å². The third kappa shape index (κ3) is 3.77. The molecule has 4 spiro atoms. The third-order valence-corrected chi connectivity index (χ3v) is 18.8. The number of likely N-dealkylation sites (tertiary alicyclic amines) is 2. The van der Waals surface area contributed by atoms with E-state index in [4.69, 9.17) is 33.2 Å². The number of rotatable bonds is 6. The molecule has 2 aromatic carbocycles. The second-order valence-corrected chi connectivity index (χ2v) is 21.3. The van der Waals surface area contributed by atoms with E-state index in [0.29, 0.717) is 55.6 Å². The van der Waals surface area contributed by atoms with Gasteiger partial charge in [0.1, 0.15) is 42.1 Å². The molecular formula is C47H59N3O9. The zero-order chi connectivity index (χ0) is 39.6. The Bertz CT molecular complexity index is 2180. The van der Waals surface area contributed by atoms with Crippen LogP contribution in [0.15, 0.2) is 24.3 Å². The summed E-state index contributed by atoms with van der Waals surface area (Å²) < 4.78 is 49.1. The van der Waals surface area contributed by atoms with E-state index in [2.05, 4.69) is 52.8 Å². The normalized spacial score (nSPS) is 47.9.